The van der Waals surface area contributed by atoms with Gasteiger partial charge in [-0.25, -0.2) is 9.97 Å². The molecule has 0 aliphatic heterocycles. The van der Waals surface area contributed by atoms with E-state index in [0.29, 0.717) is 13.1 Å². The van der Waals surface area contributed by atoms with Crippen LogP contribution < -0.4 is 5.32 Å². The van der Waals surface area contributed by atoms with Gasteiger partial charge in [0.05, 0.1) is 4.92 Å². The monoisotopic (exact) mass is 301 g/mol. The average Bonchev–Trinajstić information content (AvgIpc) is 2.39. The van der Waals surface area contributed by atoms with Crippen LogP contribution in [0.4, 0.5) is 11.5 Å². The van der Waals surface area contributed by atoms with Crippen molar-refractivity contribution in [3.8, 4) is 0 Å². The molecule has 0 spiro atoms. The second-order valence-corrected chi connectivity index (χ2v) is 4.35. The van der Waals surface area contributed by atoms with Crippen LogP contribution in [0.15, 0.2) is 6.33 Å². The maximum absolute atomic E-state index is 12.1. The predicted molar refractivity (Wildman–Crippen MR) is 74.7 cm³/mol. The normalized spacial score (nSPS) is 11.8. The Balaban J connectivity index is 2.96. The summed E-state index contributed by atoms with van der Waals surface area (Å²) < 4.78 is 0. The lowest BCUT2D eigenvalue weighted by Crippen LogP contribution is -2.41. The molecule has 0 bridgehead atoms. The largest absolute Gasteiger partial charge is 0.353 e. The number of nitrogens with one attached hydrogen (secondary N) is 1. The first-order chi connectivity index (χ1) is 9.42. The highest BCUT2D eigenvalue weighted by atomic mass is 35.5. The molecule has 0 aliphatic rings. The van der Waals surface area contributed by atoms with E-state index in [4.69, 9.17) is 11.6 Å². The third kappa shape index (κ3) is 3.53. The molecule has 0 saturated carbocycles. The van der Waals surface area contributed by atoms with Gasteiger partial charge in [0.15, 0.2) is 0 Å². The van der Waals surface area contributed by atoms with Gasteiger partial charge in [-0.3, -0.25) is 14.9 Å². The minimum atomic E-state index is -0.681. The van der Waals surface area contributed by atoms with E-state index in [1.807, 2.05) is 13.8 Å². The van der Waals surface area contributed by atoms with Gasteiger partial charge in [-0.05, 0) is 20.8 Å². The molecule has 1 N–H and O–H groups in total. The molecule has 1 aromatic rings. The molecule has 20 heavy (non-hydrogen) atoms. The number of halogens is 1. The van der Waals surface area contributed by atoms with E-state index in [1.165, 1.54) is 0 Å². The molecule has 8 nitrogen and oxygen atoms in total. The highest BCUT2D eigenvalue weighted by Crippen LogP contribution is 2.28. The summed E-state index contributed by atoms with van der Waals surface area (Å²) in [5, 5.41) is 13.4. The summed E-state index contributed by atoms with van der Waals surface area (Å²) in [7, 11) is 0. The molecule has 0 saturated heterocycles. The van der Waals surface area contributed by atoms with E-state index < -0.39 is 16.7 Å². The van der Waals surface area contributed by atoms with Gasteiger partial charge in [0, 0.05) is 13.1 Å². The number of anilines is 1. The number of nitrogens with zero attached hydrogens (tertiary/aromatic N) is 4. The Labute approximate surface area is 121 Å². The molecular formula is C11H16ClN5O3. The van der Waals surface area contributed by atoms with Crippen molar-refractivity contribution in [3.05, 3.63) is 21.6 Å². The number of likely N-dealkylation sites (N-methyl/N-ethyl adjacent to an activating group) is 1. The molecule has 110 valence electrons. The van der Waals surface area contributed by atoms with Gasteiger partial charge >= 0.3 is 5.69 Å². The first-order valence-corrected chi connectivity index (χ1v) is 6.50. The molecule has 1 heterocycles. The number of amides is 1. The van der Waals surface area contributed by atoms with E-state index in [0.717, 1.165) is 6.33 Å². The van der Waals surface area contributed by atoms with E-state index in [9.17, 15) is 14.9 Å². The third-order valence-electron chi connectivity index (χ3n) is 2.76. The van der Waals surface area contributed by atoms with Gasteiger partial charge < -0.3 is 10.2 Å². The van der Waals surface area contributed by atoms with Crippen molar-refractivity contribution >= 4 is 29.0 Å². The standard InChI is InChI=1S/C11H16ClN5O3/c1-4-16(5-2)11(18)7(3)15-10-8(17(19)20)9(12)13-6-14-10/h6-7H,4-5H2,1-3H3,(H,13,14,15). The zero-order valence-electron chi connectivity index (χ0n) is 11.5. The molecule has 1 atom stereocenters. The van der Waals surface area contributed by atoms with Crippen LogP contribution in [0.2, 0.25) is 5.15 Å². The Morgan fingerprint density at radius 1 is 1.50 bits per heavy atom. The fraction of sp³-hybridized carbons (Fsp3) is 0.545. The van der Waals surface area contributed by atoms with Crippen LogP contribution in [0.5, 0.6) is 0 Å². The van der Waals surface area contributed by atoms with E-state index in [-0.39, 0.29) is 16.9 Å². The van der Waals surface area contributed by atoms with Crippen molar-refractivity contribution < 1.29 is 9.72 Å². The number of hydrogen-bond acceptors (Lipinski definition) is 6. The minimum absolute atomic E-state index is 0.0667. The van der Waals surface area contributed by atoms with Crippen LogP contribution in [0.3, 0.4) is 0 Å². The maximum Gasteiger partial charge on any atom is 0.348 e. The van der Waals surface area contributed by atoms with Gasteiger partial charge in [-0.15, -0.1) is 0 Å². The number of aromatic nitrogens is 2. The zero-order valence-corrected chi connectivity index (χ0v) is 12.2. The summed E-state index contributed by atoms with van der Waals surface area (Å²) >= 11 is 5.68. The quantitative estimate of drug-likeness (QED) is 0.487. The summed E-state index contributed by atoms with van der Waals surface area (Å²) in [6, 6.07) is -0.653. The second-order valence-electron chi connectivity index (χ2n) is 4.00. The number of rotatable bonds is 6. The van der Waals surface area contributed by atoms with E-state index in [2.05, 4.69) is 15.3 Å². The van der Waals surface area contributed by atoms with Crippen LogP contribution in [0.25, 0.3) is 0 Å². The van der Waals surface area contributed by atoms with Crippen molar-refractivity contribution in [2.75, 3.05) is 18.4 Å². The number of hydrogen-bond donors (Lipinski definition) is 1. The molecule has 1 amide bonds. The van der Waals surface area contributed by atoms with Gasteiger partial charge in [-0.2, -0.15) is 0 Å². The fourth-order valence-electron chi connectivity index (χ4n) is 1.70. The number of carbonyl (C=O) groups excluding carboxylic acids is 1. The molecule has 9 heteroatoms. The summed E-state index contributed by atoms with van der Waals surface area (Å²) in [5.74, 6) is -0.234. The molecule has 1 aromatic heterocycles. The van der Waals surface area contributed by atoms with E-state index >= 15 is 0 Å². The van der Waals surface area contributed by atoms with Crippen LogP contribution >= 0.6 is 11.6 Å². The number of nitro groups is 1. The van der Waals surface area contributed by atoms with E-state index in [1.54, 1.807) is 11.8 Å². The van der Waals surface area contributed by atoms with Crippen LogP contribution in [0.1, 0.15) is 20.8 Å². The SMILES string of the molecule is CCN(CC)C(=O)C(C)Nc1ncnc(Cl)c1[N+](=O)[O-]. The smallest absolute Gasteiger partial charge is 0.348 e. The Morgan fingerprint density at radius 2 is 2.10 bits per heavy atom. The Kier molecular flexibility index (Phi) is 5.63. The maximum atomic E-state index is 12.1. The topological polar surface area (TPSA) is 101 Å². The van der Waals surface area contributed by atoms with Gasteiger partial charge in [0.25, 0.3) is 0 Å². The van der Waals surface area contributed by atoms with Crippen molar-refractivity contribution in [2.24, 2.45) is 0 Å². The van der Waals surface area contributed by atoms with Gasteiger partial charge in [0.1, 0.15) is 12.4 Å². The first-order valence-electron chi connectivity index (χ1n) is 6.12. The van der Waals surface area contributed by atoms with Gasteiger partial charge in [0.2, 0.25) is 16.9 Å². The molecule has 1 rings (SSSR count). The van der Waals surface area contributed by atoms with Crippen molar-refractivity contribution in [2.45, 2.75) is 26.8 Å². The highest BCUT2D eigenvalue weighted by molar-refractivity contribution is 6.31. The Morgan fingerprint density at radius 3 is 2.60 bits per heavy atom. The van der Waals surface area contributed by atoms with Crippen molar-refractivity contribution in [1.29, 1.82) is 0 Å². The second kappa shape index (κ2) is 6.99. The first kappa shape index (κ1) is 16.1. The minimum Gasteiger partial charge on any atom is -0.353 e. The molecule has 1 unspecified atom stereocenters. The number of carbonyl (C=O) groups is 1. The van der Waals surface area contributed by atoms with Crippen LogP contribution in [-0.2, 0) is 4.79 Å². The lowest BCUT2D eigenvalue weighted by Gasteiger charge is -2.23. The molecule has 0 aromatic carbocycles. The van der Waals surface area contributed by atoms with Crippen LogP contribution in [0, 0.1) is 10.1 Å². The highest BCUT2D eigenvalue weighted by Gasteiger charge is 2.25. The summed E-state index contributed by atoms with van der Waals surface area (Å²) in [6.45, 7) is 6.46. The average molecular weight is 302 g/mol. The van der Waals surface area contributed by atoms with Crippen molar-refractivity contribution in [1.82, 2.24) is 14.9 Å². The predicted octanol–water partition coefficient (Wildman–Crippen LogP) is 1.71. The fourth-order valence-corrected chi connectivity index (χ4v) is 1.90. The lowest BCUT2D eigenvalue weighted by molar-refractivity contribution is -0.384. The summed E-state index contributed by atoms with van der Waals surface area (Å²) in [5.41, 5.74) is -0.437. The summed E-state index contributed by atoms with van der Waals surface area (Å²) in [6.07, 6.45) is 1.10. The molecular weight excluding hydrogens is 286 g/mol. The Bertz CT molecular complexity index is 507. The molecule has 0 radical (unpaired) electrons. The molecule has 0 aliphatic carbocycles. The lowest BCUT2D eigenvalue weighted by atomic mass is 10.2. The molecule has 0 fully saturated rings. The summed E-state index contributed by atoms with van der Waals surface area (Å²) in [4.78, 5) is 31.3. The van der Waals surface area contributed by atoms with Crippen molar-refractivity contribution in [3.63, 3.8) is 0 Å². The van der Waals surface area contributed by atoms with Crippen LogP contribution in [-0.4, -0.2) is 44.8 Å². The van der Waals surface area contributed by atoms with Gasteiger partial charge in [-0.1, -0.05) is 11.6 Å². The Hall–Kier alpha value is -1.96. The third-order valence-corrected chi connectivity index (χ3v) is 3.04. The zero-order chi connectivity index (χ0) is 15.3.